The van der Waals surface area contributed by atoms with Gasteiger partial charge >= 0.3 is 5.97 Å². The fraction of sp³-hybridized carbons (Fsp3) is 0.222. The van der Waals surface area contributed by atoms with Crippen molar-refractivity contribution in [2.45, 2.75) is 26.4 Å². The van der Waals surface area contributed by atoms with Crippen LogP contribution in [-0.2, 0) is 20.7 Å². The number of aryl methyl sites for hydroxylation is 1. The molecule has 0 heterocycles. The van der Waals surface area contributed by atoms with Gasteiger partial charge in [-0.15, -0.1) is 0 Å². The van der Waals surface area contributed by atoms with E-state index in [9.17, 15) is 9.59 Å². The lowest BCUT2D eigenvalue weighted by molar-refractivity contribution is -0.152. The van der Waals surface area contributed by atoms with Gasteiger partial charge in [0, 0.05) is 10.7 Å². The number of esters is 1. The molecule has 2 rings (SSSR count). The number of halogens is 1. The Morgan fingerprint density at radius 1 is 1.17 bits per heavy atom. The molecule has 120 valence electrons. The van der Waals surface area contributed by atoms with Crippen LogP contribution in [0.15, 0.2) is 48.5 Å². The predicted octanol–water partition coefficient (Wildman–Crippen LogP) is 3.76. The molecule has 4 nitrogen and oxygen atoms in total. The Bertz CT molecular complexity index is 715. The molecular formula is C18H18ClNO3. The largest absolute Gasteiger partial charge is 0.452 e. The van der Waals surface area contributed by atoms with E-state index in [-0.39, 0.29) is 6.42 Å². The maximum atomic E-state index is 12.0. The fourth-order valence-corrected chi connectivity index (χ4v) is 2.26. The first-order chi connectivity index (χ1) is 11.0. The highest BCUT2D eigenvalue weighted by Crippen LogP contribution is 2.15. The Hall–Kier alpha value is -2.33. The van der Waals surface area contributed by atoms with E-state index in [4.69, 9.17) is 16.3 Å². The normalized spacial score (nSPS) is 11.6. The van der Waals surface area contributed by atoms with E-state index in [0.717, 1.165) is 11.1 Å². The van der Waals surface area contributed by atoms with Crippen molar-refractivity contribution < 1.29 is 14.3 Å². The number of amides is 1. The first-order valence-corrected chi connectivity index (χ1v) is 7.64. The zero-order valence-corrected chi connectivity index (χ0v) is 13.8. The van der Waals surface area contributed by atoms with Crippen molar-refractivity contribution in [1.82, 2.24) is 0 Å². The molecule has 0 aliphatic heterocycles. The number of hydrogen-bond acceptors (Lipinski definition) is 3. The van der Waals surface area contributed by atoms with E-state index in [0.29, 0.717) is 10.7 Å². The molecule has 0 saturated carbocycles. The third-order valence-corrected chi connectivity index (χ3v) is 3.60. The van der Waals surface area contributed by atoms with Crippen LogP contribution in [0.2, 0.25) is 5.02 Å². The lowest BCUT2D eigenvalue weighted by Crippen LogP contribution is -2.30. The molecule has 0 radical (unpaired) electrons. The van der Waals surface area contributed by atoms with Gasteiger partial charge in [-0.1, -0.05) is 41.9 Å². The van der Waals surface area contributed by atoms with Crippen LogP contribution < -0.4 is 5.32 Å². The summed E-state index contributed by atoms with van der Waals surface area (Å²) in [5.74, 6) is -0.835. The number of rotatable bonds is 5. The maximum Gasteiger partial charge on any atom is 0.311 e. The van der Waals surface area contributed by atoms with Gasteiger partial charge in [0.15, 0.2) is 6.10 Å². The van der Waals surface area contributed by atoms with E-state index in [1.807, 2.05) is 31.2 Å². The highest BCUT2D eigenvalue weighted by atomic mass is 35.5. The van der Waals surface area contributed by atoms with Crippen molar-refractivity contribution >= 4 is 29.2 Å². The molecule has 0 aliphatic rings. The molecule has 2 aromatic carbocycles. The summed E-state index contributed by atoms with van der Waals surface area (Å²) in [6, 6.07) is 14.4. The second kappa shape index (κ2) is 7.79. The van der Waals surface area contributed by atoms with Gasteiger partial charge in [-0.05, 0) is 43.2 Å². The minimum Gasteiger partial charge on any atom is -0.452 e. The van der Waals surface area contributed by atoms with Gasteiger partial charge < -0.3 is 10.1 Å². The van der Waals surface area contributed by atoms with Crippen molar-refractivity contribution in [1.29, 1.82) is 0 Å². The molecule has 0 saturated heterocycles. The SMILES string of the molecule is Cc1ccccc1CC(=O)OC(C)C(=O)Nc1cccc(Cl)c1. The van der Waals surface area contributed by atoms with Crippen molar-refractivity contribution in [3.8, 4) is 0 Å². The van der Waals surface area contributed by atoms with Gasteiger partial charge in [0.1, 0.15) is 0 Å². The van der Waals surface area contributed by atoms with E-state index < -0.39 is 18.0 Å². The molecule has 23 heavy (non-hydrogen) atoms. The number of carbonyl (C=O) groups is 2. The van der Waals surface area contributed by atoms with Crippen LogP contribution in [0, 0.1) is 6.92 Å². The summed E-state index contributed by atoms with van der Waals surface area (Å²) in [4.78, 5) is 24.0. The Morgan fingerprint density at radius 3 is 2.61 bits per heavy atom. The average Bonchev–Trinajstić information content (AvgIpc) is 2.49. The van der Waals surface area contributed by atoms with Gasteiger partial charge in [0.2, 0.25) is 0 Å². The number of ether oxygens (including phenoxy) is 1. The Balaban J connectivity index is 1.90. The summed E-state index contributed by atoms with van der Waals surface area (Å²) in [7, 11) is 0. The molecule has 1 atom stereocenters. The van der Waals surface area contributed by atoms with Crippen LogP contribution in [0.3, 0.4) is 0 Å². The Morgan fingerprint density at radius 2 is 1.91 bits per heavy atom. The summed E-state index contributed by atoms with van der Waals surface area (Å²) in [5.41, 5.74) is 2.46. The third kappa shape index (κ3) is 5.11. The van der Waals surface area contributed by atoms with Gasteiger partial charge in [-0.25, -0.2) is 0 Å². The first-order valence-electron chi connectivity index (χ1n) is 7.26. The van der Waals surface area contributed by atoms with Crippen LogP contribution >= 0.6 is 11.6 Å². The fourth-order valence-electron chi connectivity index (χ4n) is 2.07. The van der Waals surface area contributed by atoms with Crippen molar-refractivity contribution in [2.75, 3.05) is 5.32 Å². The summed E-state index contributed by atoms with van der Waals surface area (Å²) < 4.78 is 5.19. The smallest absolute Gasteiger partial charge is 0.311 e. The lowest BCUT2D eigenvalue weighted by Gasteiger charge is -2.14. The van der Waals surface area contributed by atoms with Crippen LogP contribution in [0.4, 0.5) is 5.69 Å². The van der Waals surface area contributed by atoms with E-state index >= 15 is 0 Å². The number of anilines is 1. The van der Waals surface area contributed by atoms with E-state index in [1.54, 1.807) is 24.3 Å². The molecular weight excluding hydrogens is 314 g/mol. The number of nitrogens with one attached hydrogen (secondary N) is 1. The highest BCUT2D eigenvalue weighted by molar-refractivity contribution is 6.30. The zero-order valence-electron chi connectivity index (χ0n) is 13.0. The molecule has 1 amide bonds. The standard InChI is InChI=1S/C18H18ClNO3/c1-12-6-3-4-7-14(12)10-17(21)23-13(2)18(22)20-16-9-5-8-15(19)11-16/h3-9,11,13H,10H2,1-2H3,(H,20,22). The molecule has 0 aromatic heterocycles. The van der Waals surface area contributed by atoms with Crippen LogP contribution in [0.1, 0.15) is 18.1 Å². The zero-order chi connectivity index (χ0) is 16.8. The molecule has 5 heteroatoms. The van der Waals surface area contributed by atoms with Crippen LogP contribution in [0.25, 0.3) is 0 Å². The topological polar surface area (TPSA) is 55.4 Å². The highest BCUT2D eigenvalue weighted by Gasteiger charge is 2.18. The number of carbonyl (C=O) groups excluding carboxylic acids is 2. The quantitative estimate of drug-likeness (QED) is 0.849. The van der Waals surface area contributed by atoms with Gasteiger partial charge in [-0.2, -0.15) is 0 Å². The third-order valence-electron chi connectivity index (χ3n) is 3.37. The first kappa shape index (κ1) is 17.0. The Kier molecular flexibility index (Phi) is 5.77. The van der Waals surface area contributed by atoms with Crippen molar-refractivity contribution in [3.05, 3.63) is 64.7 Å². The molecule has 0 fully saturated rings. The molecule has 1 N–H and O–H groups in total. The second-order valence-electron chi connectivity index (χ2n) is 5.23. The monoisotopic (exact) mass is 331 g/mol. The van der Waals surface area contributed by atoms with Crippen LogP contribution in [0.5, 0.6) is 0 Å². The van der Waals surface area contributed by atoms with Gasteiger partial charge in [0.25, 0.3) is 5.91 Å². The summed E-state index contributed by atoms with van der Waals surface area (Å²) >= 11 is 5.86. The van der Waals surface area contributed by atoms with E-state index in [1.165, 1.54) is 6.92 Å². The number of benzene rings is 2. The maximum absolute atomic E-state index is 12.0. The molecule has 0 aliphatic carbocycles. The van der Waals surface area contributed by atoms with Crippen molar-refractivity contribution in [2.24, 2.45) is 0 Å². The molecule has 2 aromatic rings. The minimum absolute atomic E-state index is 0.140. The average molecular weight is 332 g/mol. The lowest BCUT2D eigenvalue weighted by atomic mass is 10.1. The van der Waals surface area contributed by atoms with Crippen LogP contribution in [-0.4, -0.2) is 18.0 Å². The van der Waals surface area contributed by atoms with Gasteiger partial charge in [0.05, 0.1) is 6.42 Å². The van der Waals surface area contributed by atoms with Crippen molar-refractivity contribution in [3.63, 3.8) is 0 Å². The second-order valence-corrected chi connectivity index (χ2v) is 5.67. The Labute approximate surface area is 140 Å². The minimum atomic E-state index is -0.884. The number of hydrogen-bond donors (Lipinski definition) is 1. The molecule has 0 spiro atoms. The molecule has 0 bridgehead atoms. The molecule has 1 unspecified atom stereocenters. The van der Waals surface area contributed by atoms with Gasteiger partial charge in [-0.3, -0.25) is 9.59 Å². The summed E-state index contributed by atoms with van der Waals surface area (Å²) in [6.45, 7) is 3.47. The van der Waals surface area contributed by atoms with E-state index in [2.05, 4.69) is 5.32 Å². The summed E-state index contributed by atoms with van der Waals surface area (Å²) in [5, 5.41) is 3.18. The summed E-state index contributed by atoms with van der Waals surface area (Å²) in [6.07, 6.45) is -0.743. The predicted molar refractivity (Wildman–Crippen MR) is 90.5 cm³/mol.